The first kappa shape index (κ1) is 13.7. The lowest BCUT2D eigenvalue weighted by Crippen LogP contribution is -2.32. The van der Waals surface area contributed by atoms with Crippen LogP contribution >= 0.6 is 0 Å². The molecule has 0 aromatic heterocycles. The summed E-state index contributed by atoms with van der Waals surface area (Å²) in [5, 5.41) is 0. The Bertz CT molecular complexity index is 628. The van der Waals surface area contributed by atoms with Gasteiger partial charge in [-0.25, -0.2) is 13.1 Å². The molecule has 1 heterocycles. The summed E-state index contributed by atoms with van der Waals surface area (Å²) in [6.07, 6.45) is 5.37. The molecule has 1 aliphatic heterocycles. The van der Waals surface area contributed by atoms with Crippen molar-refractivity contribution in [2.75, 3.05) is 13.2 Å². The molecule has 1 aromatic carbocycles. The first-order chi connectivity index (χ1) is 10.1. The molecule has 2 saturated carbocycles. The van der Waals surface area contributed by atoms with Crippen LogP contribution in [-0.4, -0.2) is 27.7 Å². The van der Waals surface area contributed by atoms with Gasteiger partial charge in [0.2, 0.25) is 10.0 Å². The van der Waals surface area contributed by atoms with Crippen LogP contribution in [0.5, 0.6) is 0 Å². The lowest BCUT2D eigenvalue weighted by Gasteiger charge is -2.22. The van der Waals surface area contributed by atoms with Crippen LogP contribution in [0.2, 0.25) is 0 Å². The molecule has 1 unspecified atom stereocenters. The van der Waals surface area contributed by atoms with Crippen LogP contribution in [0.4, 0.5) is 0 Å². The average molecular weight is 307 g/mol. The van der Waals surface area contributed by atoms with Crippen molar-refractivity contribution >= 4 is 10.0 Å². The van der Waals surface area contributed by atoms with E-state index in [1.165, 1.54) is 18.4 Å². The highest BCUT2D eigenvalue weighted by atomic mass is 32.2. The highest BCUT2D eigenvalue weighted by Crippen LogP contribution is 2.54. The summed E-state index contributed by atoms with van der Waals surface area (Å²) >= 11 is 0. The molecular weight excluding hydrogens is 286 g/mol. The zero-order chi connectivity index (χ0) is 14.5. The number of rotatable bonds is 4. The van der Waals surface area contributed by atoms with Gasteiger partial charge in [0.1, 0.15) is 0 Å². The van der Waals surface area contributed by atoms with E-state index in [4.69, 9.17) is 4.74 Å². The van der Waals surface area contributed by atoms with Crippen LogP contribution in [0.15, 0.2) is 29.2 Å². The molecule has 2 aliphatic carbocycles. The Morgan fingerprint density at radius 3 is 2.38 bits per heavy atom. The molecular formula is C16H21NO3S. The largest absolute Gasteiger partial charge is 0.381 e. The Morgan fingerprint density at radius 1 is 1.10 bits per heavy atom. The number of ether oxygens (including phenoxy) is 1. The van der Waals surface area contributed by atoms with Gasteiger partial charge in [-0.15, -0.1) is 0 Å². The van der Waals surface area contributed by atoms with Gasteiger partial charge in [-0.2, -0.15) is 0 Å². The zero-order valence-electron chi connectivity index (χ0n) is 12.0. The number of hydrogen-bond donors (Lipinski definition) is 1. The van der Waals surface area contributed by atoms with E-state index in [1.807, 2.05) is 12.1 Å². The van der Waals surface area contributed by atoms with Crippen LogP contribution in [-0.2, 0) is 14.8 Å². The van der Waals surface area contributed by atoms with Crippen molar-refractivity contribution < 1.29 is 13.2 Å². The lowest BCUT2D eigenvalue weighted by atomic mass is 9.96. The van der Waals surface area contributed by atoms with Crippen LogP contribution in [0, 0.1) is 5.41 Å². The summed E-state index contributed by atoms with van der Waals surface area (Å²) in [5.74, 6) is 0.656. The fourth-order valence-corrected chi connectivity index (χ4v) is 4.77. The van der Waals surface area contributed by atoms with Gasteiger partial charge in [-0.3, -0.25) is 0 Å². The molecule has 1 aromatic rings. The van der Waals surface area contributed by atoms with E-state index < -0.39 is 10.0 Å². The maximum absolute atomic E-state index is 12.5. The Morgan fingerprint density at radius 2 is 1.76 bits per heavy atom. The van der Waals surface area contributed by atoms with E-state index in [-0.39, 0.29) is 11.5 Å². The molecule has 5 heteroatoms. The van der Waals surface area contributed by atoms with Crippen molar-refractivity contribution in [2.45, 2.75) is 49.0 Å². The summed E-state index contributed by atoms with van der Waals surface area (Å²) < 4.78 is 33.2. The molecule has 4 nitrogen and oxygen atoms in total. The molecule has 0 bridgehead atoms. The predicted molar refractivity (Wildman–Crippen MR) is 79.6 cm³/mol. The number of hydrogen-bond acceptors (Lipinski definition) is 3. The normalized spacial score (nSPS) is 27.7. The van der Waals surface area contributed by atoms with Crippen molar-refractivity contribution in [1.29, 1.82) is 0 Å². The van der Waals surface area contributed by atoms with E-state index in [1.54, 1.807) is 12.1 Å². The zero-order valence-corrected chi connectivity index (χ0v) is 12.9. The van der Waals surface area contributed by atoms with E-state index in [2.05, 4.69) is 4.72 Å². The fraction of sp³-hybridized carbons (Fsp3) is 0.625. The second-order valence-corrected chi connectivity index (χ2v) is 8.41. The molecule has 0 amide bonds. The molecule has 1 atom stereocenters. The first-order valence-electron chi connectivity index (χ1n) is 7.79. The molecule has 3 fully saturated rings. The molecule has 4 rings (SSSR count). The monoisotopic (exact) mass is 307 g/mol. The first-order valence-corrected chi connectivity index (χ1v) is 9.27. The molecule has 1 spiro atoms. The summed E-state index contributed by atoms with van der Waals surface area (Å²) in [6.45, 7) is 1.52. The smallest absolute Gasteiger partial charge is 0.240 e. The third kappa shape index (κ3) is 2.62. The van der Waals surface area contributed by atoms with E-state index >= 15 is 0 Å². The highest BCUT2D eigenvalue weighted by Gasteiger charge is 2.55. The van der Waals surface area contributed by atoms with E-state index in [0.717, 1.165) is 32.5 Å². The Hall–Kier alpha value is -0.910. The van der Waals surface area contributed by atoms with Gasteiger partial charge >= 0.3 is 0 Å². The van der Waals surface area contributed by atoms with Gasteiger partial charge < -0.3 is 4.74 Å². The minimum Gasteiger partial charge on any atom is -0.381 e. The Labute approximate surface area is 125 Å². The van der Waals surface area contributed by atoms with Crippen LogP contribution in [0.25, 0.3) is 0 Å². The molecule has 21 heavy (non-hydrogen) atoms. The lowest BCUT2D eigenvalue weighted by molar-refractivity contribution is 0.0553. The Kier molecular flexibility index (Phi) is 3.14. The third-order valence-electron chi connectivity index (χ3n) is 5.21. The third-order valence-corrected chi connectivity index (χ3v) is 6.70. The second kappa shape index (κ2) is 4.80. The van der Waals surface area contributed by atoms with E-state index in [9.17, 15) is 8.42 Å². The van der Waals surface area contributed by atoms with Crippen molar-refractivity contribution in [3.05, 3.63) is 29.8 Å². The van der Waals surface area contributed by atoms with Gasteiger partial charge in [-0.05, 0) is 61.1 Å². The van der Waals surface area contributed by atoms with Crippen molar-refractivity contribution in [3.63, 3.8) is 0 Å². The molecule has 114 valence electrons. The molecule has 3 aliphatic rings. The van der Waals surface area contributed by atoms with Gasteiger partial charge in [0.05, 0.1) is 4.90 Å². The van der Waals surface area contributed by atoms with Crippen LogP contribution < -0.4 is 4.72 Å². The molecule has 1 saturated heterocycles. The Balaban J connectivity index is 1.46. The average Bonchev–Trinajstić information content (AvgIpc) is 3.39. The highest BCUT2D eigenvalue weighted by molar-refractivity contribution is 7.89. The maximum atomic E-state index is 12.5. The second-order valence-electron chi connectivity index (χ2n) is 6.70. The summed E-state index contributed by atoms with van der Waals surface area (Å²) in [7, 11) is -3.39. The summed E-state index contributed by atoms with van der Waals surface area (Å²) in [6, 6.07) is 7.51. The molecule has 1 N–H and O–H groups in total. The summed E-state index contributed by atoms with van der Waals surface area (Å²) in [5.41, 5.74) is 1.43. The number of sulfonamides is 1. The number of nitrogens with one attached hydrogen (secondary N) is 1. The summed E-state index contributed by atoms with van der Waals surface area (Å²) in [4.78, 5) is 0.390. The van der Waals surface area contributed by atoms with Crippen LogP contribution in [0.3, 0.4) is 0 Å². The standard InChI is InChI=1S/C16H21NO3S/c18-21(19,14-5-3-13(4-6-14)12-1-2-12)17-15-11-16(15)7-9-20-10-8-16/h3-6,12,15,17H,1-2,7-11H2. The predicted octanol–water partition coefficient (Wildman–Crippen LogP) is 2.41. The molecule has 0 radical (unpaired) electrons. The topological polar surface area (TPSA) is 55.4 Å². The van der Waals surface area contributed by atoms with E-state index in [0.29, 0.717) is 10.8 Å². The number of benzene rings is 1. The van der Waals surface area contributed by atoms with Crippen molar-refractivity contribution in [1.82, 2.24) is 4.72 Å². The maximum Gasteiger partial charge on any atom is 0.240 e. The quantitative estimate of drug-likeness (QED) is 0.929. The van der Waals surface area contributed by atoms with Gasteiger partial charge in [0.25, 0.3) is 0 Å². The SMILES string of the molecule is O=S(=O)(NC1CC12CCOCC2)c1ccc(C2CC2)cc1. The van der Waals surface area contributed by atoms with Crippen molar-refractivity contribution in [3.8, 4) is 0 Å². The van der Waals surface area contributed by atoms with Crippen molar-refractivity contribution in [2.24, 2.45) is 5.41 Å². The van der Waals surface area contributed by atoms with Gasteiger partial charge in [0, 0.05) is 19.3 Å². The fourth-order valence-electron chi connectivity index (χ4n) is 3.44. The minimum atomic E-state index is -3.39. The van der Waals surface area contributed by atoms with Crippen LogP contribution in [0.1, 0.15) is 43.6 Å². The van der Waals surface area contributed by atoms with Gasteiger partial charge in [-0.1, -0.05) is 12.1 Å². The minimum absolute atomic E-state index is 0.0921. The van der Waals surface area contributed by atoms with Gasteiger partial charge in [0.15, 0.2) is 0 Å².